The summed E-state index contributed by atoms with van der Waals surface area (Å²) >= 11 is 1.85. The first-order valence-electron chi connectivity index (χ1n) is 7.69. The summed E-state index contributed by atoms with van der Waals surface area (Å²) in [5.74, 6) is 0. The molecule has 0 amide bonds. The molecule has 1 aromatic heterocycles. The summed E-state index contributed by atoms with van der Waals surface area (Å²) in [7, 11) is 2.24. The first-order chi connectivity index (χ1) is 9.67. The maximum absolute atomic E-state index is 5.79. The van der Waals surface area contributed by atoms with Crippen LogP contribution in [0, 0.1) is 5.41 Å². The van der Waals surface area contributed by atoms with Gasteiger partial charge in [-0.1, -0.05) is 13.0 Å². The molecule has 4 heteroatoms. The maximum Gasteiger partial charge on any atom is 0.0546 e. The molecule has 3 nitrogen and oxygen atoms in total. The third kappa shape index (κ3) is 4.04. The van der Waals surface area contributed by atoms with Gasteiger partial charge < -0.3 is 10.1 Å². The van der Waals surface area contributed by atoms with Gasteiger partial charge >= 0.3 is 0 Å². The fourth-order valence-corrected chi connectivity index (χ4v) is 3.88. The lowest BCUT2D eigenvalue weighted by atomic mass is 9.81. The lowest BCUT2D eigenvalue weighted by Gasteiger charge is -2.41. The molecule has 1 aliphatic heterocycles. The summed E-state index contributed by atoms with van der Waals surface area (Å²) in [4.78, 5) is 3.93. The van der Waals surface area contributed by atoms with Crippen molar-refractivity contribution in [3.05, 3.63) is 22.4 Å². The molecule has 1 aliphatic rings. The number of hydrogen-bond donors (Lipinski definition) is 1. The quantitative estimate of drug-likeness (QED) is 0.836. The van der Waals surface area contributed by atoms with Gasteiger partial charge in [-0.15, -0.1) is 11.3 Å². The Morgan fingerprint density at radius 1 is 1.55 bits per heavy atom. The van der Waals surface area contributed by atoms with Crippen LogP contribution in [0.5, 0.6) is 0 Å². The molecule has 2 rings (SSSR count). The second-order valence-electron chi connectivity index (χ2n) is 6.04. The zero-order valence-corrected chi connectivity index (χ0v) is 13.8. The van der Waals surface area contributed by atoms with Gasteiger partial charge in [0.15, 0.2) is 0 Å². The molecule has 0 radical (unpaired) electrons. The van der Waals surface area contributed by atoms with Crippen molar-refractivity contribution in [1.82, 2.24) is 10.2 Å². The molecule has 0 aromatic carbocycles. The molecule has 0 spiro atoms. The van der Waals surface area contributed by atoms with Crippen molar-refractivity contribution in [2.24, 2.45) is 5.41 Å². The fraction of sp³-hybridized carbons (Fsp3) is 0.750. The third-order valence-corrected chi connectivity index (χ3v) is 5.40. The molecule has 1 fully saturated rings. The summed E-state index contributed by atoms with van der Waals surface area (Å²) < 4.78 is 5.79. The van der Waals surface area contributed by atoms with Crippen molar-refractivity contribution in [2.45, 2.75) is 32.7 Å². The van der Waals surface area contributed by atoms with Crippen LogP contribution in [0.25, 0.3) is 0 Å². The number of nitrogens with one attached hydrogen (secondary N) is 1. The summed E-state index contributed by atoms with van der Waals surface area (Å²) in [6, 6.07) is 4.86. The average Bonchev–Trinajstić information content (AvgIpc) is 2.99. The van der Waals surface area contributed by atoms with Gasteiger partial charge in [0.2, 0.25) is 0 Å². The zero-order chi connectivity index (χ0) is 14.4. The van der Waals surface area contributed by atoms with Crippen molar-refractivity contribution in [3.8, 4) is 0 Å². The molecule has 1 saturated heterocycles. The van der Waals surface area contributed by atoms with Gasteiger partial charge in [-0.2, -0.15) is 0 Å². The zero-order valence-electron chi connectivity index (χ0n) is 13.0. The molecule has 0 bridgehead atoms. The van der Waals surface area contributed by atoms with Crippen LogP contribution in [0.2, 0.25) is 0 Å². The van der Waals surface area contributed by atoms with Crippen LogP contribution in [0.1, 0.15) is 37.6 Å². The molecular formula is C16H28N2OS. The highest BCUT2D eigenvalue weighted by molar-refractivity contribution is 7.10. The van der Waals surface area contributed by atoms with Crippen molar-refractivity contribution in [3.63, 3.8) is 0 Å². The Morgan fingerprint density at radius 2 is 2.40 bits per heavy atom. The first kappa shape index (κ1) is 16.0. The highest BCUT2D eigenvalue weighted by atomic mass is 32.1. The van der Waals surface area contributed by atoms with E-state index in [1.54, 1.807) is 0 Å². The van der Waals surface area contributed by atoms with Gasteiger partial charge in [-0.05, 0) is 44.8 Å². The molecule has 2 unspecified atom stereocenters. The Hall–Kier alpha value is -0.420. The smallest absolute Gasteiger partial charge is 0.0546 e. The highest BCUT2D eigenvalue weighted by Gasteiger charge is 2.34. The summed E-state index contributed by atoms with van der Waals surface area (Å²) in [5.41, 5.74) is 0.272. The molecule has 1 aromatic rings. The van der Waals surface area contributed by atoms with Crippen LogP contribution >= 0.6 is 11.3 Å². The molecule has 1 N–H and O–H groups in total. The number of rotatable bonds is 7. The van der Waals surface area contributed by atoms with Crippen LogP contribution < -0.4 is 5.32 Å². The number of nitrogens with zero attached hydrogens (tertiary/aromatic N) is 1. The van der Waals surface area contributed by atoms with E-state index in [9.17, 15) is 0 Å². The van der Waals surface area contributed by atoms with Crippen molar-refractivity contribution >= 4 is 11.3 Å². The van der Waals surface area contributed by atoms with Crippen LogP contribution in [0.4, 0.5) is 0 Å². The van der Waals surface area contributed by atoms with E-state index in [0.717, 1.165) is 32.8 Å². The Labute approximate surface area is 127 Å². The minimum atomic E-state index is 0.272. The fourth-order valence-electron chi connectivity index (χ4n) is 3.03. The van der Waals surface area contributed by atoms with E-state index in [1.807, 2.05) is 11.3 Å². The summed E-state index contributed by atoms with van der Waals surface area (Å²) in [6.07, 6.45) is 2.45. The Morgan fingerprint density at radius 3 is 3.00 bits per heavy atom. The largest absolute Gasteiger partial charge is 0.381 e. The van der Waals surface area contributed by atoms with Gasteiger partial charge in [-0.25, -0.2) is 0 Å². The molecule has 0 aliphatic carbocycles. The first-order valence-corrected chi connectivity index (χ1v) is 8.57. The SMILES string of the molecule is CCNCC1(CN(C)C(C)c2cccs2)CCCOC1. The number of ether oxygens (including phenoxy) is 1. The molecule has 2 atom stereocenters. The van der Waals surface area contributed by atoms with Gasteiger partial charge in [0.25, 0.3) is 0 Å². The molecule has 2 heterocycles. The van der Waals surface area contributed by atoms with E-state index in [0.29, 0.717) is 6.04 Å². The molecule has 0 saturated carbocycles. The van der Waals surface area contributed by atoms with Crippen molar-refractivity contribution < 1.29 is 4.74 Å². The standard InChI is InChI=1S/C16H28N2OS/c1-4-17-11-16(8-6-9-19-13-16)12-18(3)14(2)15-7-5-10-20-15/h5,7,10,14,17H,4,6,8-9,11-13H2,1-3H3. The van der Waals surface area contributed by atoms with Gasteiger partial charge in [0.1, 0.15) is 0 Å². The summed E-state index contributed by atoms with van der Waals surface area (Å²) in [5, 5.41) is 5.70. The second-order valence-corrected chi connectivity index (χ2v) is 7.02. The van der Waals surface area contributed by atoms with Crippen molar-refractivity contribution in [1.29, 1.82) is 0 Å². The molecule has 20 heavy (non-hydrogen) atoms. The van der Waals surface area contributed by atoms with E-state index >= 15 is 0 Å². The van der Waals surface area contributed by atoms with Gasteiger partial charge in [0, 0.05) is 36.0 Å². The van der Waals surface area contributed by atoms with Gasteiger partial charge in [0.05, 0.1) is 6.61 Å². The third-order valence-electron chi connectivity index (χ3n) is 4.35. The monoisotopic (exact) mass is 296 g/mol. The normalized spacial score (nSPS) is 25.0. The topological polar surface area (TPSA) is 24.5 Å². The van der Waals surface area contributed by atoms with E-state index in [-0.39, 0.29) is 5.41 Å². The van der Waals surface area contributed by atoms with E-state index in [1.165, 1.54) is 17.7 Å². The maximum atomic E-state index is 5.79. The molecular weight excluding hydrogens is 268 g/mol. The van der Waals surface area contributed by atoms with Crippen LogP contribution in [0.15, 0.2) is 17.5 Å². The average molecular weight is 296 g/mol. The number of thiophene rings is 1. The Kier molecular flexibility index (Phi) is 6.02. The van der Waals surface area contributed by atoms with Crippen LogP contribution in [0.3, 0.4) is 0 Å². The van der Waals surface area contributed by atoms with Crippen molar-refractivity contribution in [2.75, 3.05) is 39.9 Å². The highest BCUT2D eigenvalue weighted by Crippen LogP contribution is 2.32. The van der Waals surface area contributed by atoms with Crippen LogP contribution in [-0.2, 0) is 4.74 Å². The van der Waals surface area contributed by atoms with E-state index in [4.69, 9.17) is 4.74 Å². The Bertz CT molecular complexity index is 374. The Balaban J connectivity index is 1.99. The van der Waals surface area contributed by atoms with Gasteiger partial charge in [-0.3, -0.25) is 4.90 Å². The van der Waals surface area contributed by atoms with E-state index in [2.05, 4.69) is 48.6 Å². The molecule has 114 valence electrons. The number of hydrogen-bond acceptors (Lipinski definition) is 4. The van der Waals surface area contributed by atoms with E-state index < -0.39 is 0 Å². The van der Waals surface area contributed by atoms with Crippen LogP contribution in [-0.4, -0.2) is 44.8 Å². The second kappa shape index (κ2) is 7.55. The minimum absolute atomic E-state index is 0.272. The lowest BCUT2D eigenvalue weighted by Crippen LogP contribution is -2.48. The predicted molar refractivity (Wildman–Crippen MR) is 86.4 cm³/mol. The lowest BCUT2D eigenvalue weighted by molar-refractivity contribution is -0.0271. The summed E-state index contributed by atoms with van der Waals surface area (Å²) in [6.45, 7) is 9.49. The predicted octanol–water partition coefficient (Wildman–Crippen LogP) is 3.15. The minimum Gasteiger partial charge on any atom is -0.381 e.